The molecule has 0 aliphatic rings. The normalized spacial score (nSPS) is 12.2. The van der Waals surface area contributed by atoms with E-state index in [2.05, 4.69) is 23.4 Å². The van der Waals surface area contributed by atoms with Gasteiger partial charge in [-0.25, -0.2) is 0 Å². The summed E-state index contributed by atoms with van der Waals surface area (Å²) in [5.41, 5.74) is 2.20. The molecule has 0 aliphatic carbocycles. The van der Waals surface area contributed by atoms with Gasteiger partial charge in [-0.3, -0.25) is 4.68 Å². The number of methoxy groups -OCH3 is 1. The second-order valence-corrected chi connectivity index (χ2v) is 4.25. The number of ether oxygens (including phenoxy) is 1. The van der Waals surface area contributed by atoms with Crippen molar-refractivity contribution in [3.05, 3.63) is 42.2 Å². The van der Waals surface area contributed by atoms with Crippen LogP contribution in [0.5, 0.6) is 5.75 Å². The Morgan fingerprint density at radius 1 is 1.39 bits per heavy atom. The molecule has 1 atom stereocenters. The molecular formula is C14H19N3O. The van der Waals surface area contributed by atoms with Crippen molar-refractivity contribution in [2.24, 2.45) is 7.05 Å². The molecule has 0 saturated carbocycles. The quantitative estimate of drug-likeness (QED) is 0.880. The van der Waals surface area contributed by atoms with Gasteiger partial charge in [-0.15, -0.1) is 0 Å². The Hall–Kier alpha value is -1.97. The van der Waals surface area contributed by atoms with Gasteiger partial charge in [-0.05, 0) is 12.5 Å². The summed E-state index contributed by atoms with van der Waals surface area (Å²) in [4.78, 5) is 0. The molecule has 1 heterocycles. The first kappa shape index (κ1) is 12.5. The molecule has 0 bridgehead atoms. The highest BCUT2D eigenvalue weighted by atomic mass is 16.5. The van der Waals surface area contributed by atoms with Crippen LogP contribution in [0.4, 0.5) is 5.69 Å². The number of nitrogens with one attached hydrogen (secondary N) is 1. The fourth-order valence-electron chi connectivity index (χ4n) is 2.05. The zero-order chi connectivity index (χ0) is 13.0. The van der Waals surface area contributed by atoms with E-state index < -0.39 is 0 Å². The van der Waals surface area contributed by atoms with Crippen molar-refractivity contribution in [2.75, 3.05) is 12.4 Å². The Balaban J connectivity index is 2.22. The maximum atomic E-state index is 5.41. The SMILES string of the molecule is CCC(Nc1cnn(C)c1)c1ccccc1OC. The molecule has 2 rings (SSSR count). The molecule has 2 aromatic rings. The Morgan fingerprint density at radius 3 is 2.78 bits per heavy atom. The molecule has 1 N–H and O–H groups in total. The van der Waals surface area contributed by atoms with Crippen molar-refractivity contribution >= 4 is 5.69 Å². The minimum absolute atomic E-state index is 0.227. The van der Waals surface area contributed by atoms with Crippen LogP contribution in [-0.2, 0) is 7.05 Å². The van der Waals surface area contributed by atoms with Gasteiger partial charge in [0.25, 0.3) is 0 Å². The lowest BCUT2D eigenvalue weighted by Crippen LogP contribution is -2.10. The van der Waals surface area contributed by atoms with Gasteiger partial charge in [0.05, 0.1) is 25.0 Å². The molecule has 0 fully saturated rings. The summed E-state index contributed by atoms with van der Waals surface area (Å²) < 4.78 is 7.20. The highest BCUT2D eigenvalue weighted by molar-refractivity contribution is 5.45. The third-order valence-electron chi connectivity index (χ3n) is 2.97. The number of rotatable bonds is 5. The summed E-state index contributed by atoms with van der Waals surface area (Å²) in [5.74, 6) is 0.917. The second kappa shape index (κ2) is 5.58. The van der Waals surface area contributed by atoms with E-state index >= 15 is 0 Å². The van der Waals surface area contributed by atoms with E-state index in [9.17, 15) is 0 Å². The lowest BCUT2D eigenvalue weighted by molar-refractivity contribution is 0.406. The summed E-state index contributed by atoms with van der Waals surface area (Å²) in [5, 5.41) is 7.64. The molecule has 0 saturated heterocycles. The highest BCUT2D eigenvalue weighted by Crippen LogP contribution is 2.29. The standard InChI is InChI=1S/C14H19N3O/c1-4-13(16-11-9-15-17(2)10-11)12-7-5-6-8-14(12)18-3/h5-10,13,16H,4H2,1-3H3. The van der Waals surface area contributed by atoms with Crippen molar-refractivity contribution in [1.29, 1.82) is 0 Å². The van der Waals surface area contributed by atoms with Gasteiger partial charge in [0.1, 0.15) is 5.75 Å². The summed E-state index contributed by atoms with van der Waals surface area (Å²) in [6.07, 6.45) is 4.78. The number of aromatic nitrogens is 2. The van der Waals surface area contributed by atoms with Crippen LogP contribution in [0.3, 0.4) is 0 Å². The Labute approximate surface area is 108 Å². The molecule has 4 heteroatoms. The third kappa shape index (κ3) is 2.64. The van der Waals surface area contributed by atoms with Crippen LogP contribution in [0.15, 0.2) is 36.7 Å². The van der Waals surface area contributed by atoms with Crippen molar-refractivity contribution in [2.45, 2.75) is 19.4 Å². The van der Waals surface area contributed by atoms with Crippen LogP contribution in [0, 0.1) is 0 Å². The molecule has 0 aliphatic heterocycles. The van der Waals surface area contributed by atoms with E-state index in [-0.39, 0.29) is 6.04 Å². The van der Waals surface area contributed by atoms with Gasteiger partial charge in [0, 0.05) is 18.8 Å². The van der Waals surface area contributed by atoms with Crippen LogP contribution in [-0.4, -0.2) is 16.9 Å². The lowest BCUT2D eigenvalue weighted by atomic mass is 10.0. The molecule has 0 radical (unpaired) electrons. The molecular weight excluding hydrogens is 226 g/mol. The number of hydrogen-bond donors (Lipinski definition) is 1. The van der Waals surface area contributed by atoms with Crippen LogP contribution >= 0.6 is 0 Å². The second-order valence-electron chi connectivity index (χ2n) is 4.25. The van der Waals surface area contributed by atoms with Crippen molar-refractivity contribution < 1.29 is 4.74 Å². The molecule has 0 amide bonds. The topological polar surface area (TPSA) is 39.1 Å². The smallest absolute Gasteiger partial charge is 0.124 e. The monoisotopic (exact) mass is 245 g/mol. The summed E-state index contributed by atoms with van der Waals surface area (Å²) >= 11 is 0. The van der Waals surface area contributed by atoms with Crippen LogP contribution < -0.4 is 10.1 Å². The summed E-state index contributed by atoms with van der Waals surface area (Å²) in [6.45, 7) is 2.15. The number of hydrogen-bond acceptors (Lipinski definition) is 3. The van der Waals surface area contributed by atoms with Gasteiger partial charge in [-0.1, -0.05) is 25.1 Å². The lowest BCUT2D eigenvalue weighted by Gasteiger charge is -2.19. The number of anilines is 1. The molecule has 4 nitrogen and oxygen atoms in total. The maximum absolute atomic E-state index is 5.41. The van der Waals surface area contributed by atoms with E-state index in [1.165, 1.54) is 5.56 Å². The molecule has 0 spiro atoms. The largest absolute Gasteiger partial charge is 0.496 e. The first-order chi connectivity index (χ1) is 8.74. The fraction of sp³-hybridized carbons (Fsp3) is 0.357. The average molecular weight is 245 g/mol. The fourth-order valence-corrected chi connectivity index (χ4v) is 2.05. The minimum atomic E-state index is 0.227. The van der Waals surface area contributed by atoms with Crippen molar-refractivity contribution in [1.82, 2.24) is 9.78 Å². The van der Waals surface area contributed by atoms with E-state index in [0.29, 0.717) is 0 Å². The predicted octanol–water partition coefficient (Wildman–Crippen LogP) is 2.99. The molecule has 1 aromatic heterocycles. The van der Waals surface area contributed by atoms with Gasteiger partial charge in [-0.2, -0.15) is 5.10 Å². The van der Waals surface area contributed by atoms with Crippen LogP contribution in [0.2, 0.25) is 0 Å². The molecule has 18 heavy (non-hydrogen) atoms. The maximum Gasteiger partial charge on any atom is 0.124 e. The summed E-state index contributed by atoms with van der Waals surface area (Å²) in [6, 6.07) is 8.33. The number of aryl methyl sites for hydroxylation is 1. The van der Waals surface area contributed by atoms with E-state index in [1.807, 2.05) is 37.6 Å². The van der Waals surface area contributed by atoms with Crippen molar-refractivity contribution in [3.8, 4) is 5.75 Å². The highest BCUT2D eigenvalue weighted by Gasteiger charge is 2.14. The van der Waals surface area contributed by atoms with Crippen LogP contribution in [0.25, 0.3) is 0 Å². The summed E-state index contributed by atoms with van der Waals surface area (Å²) in [7, 11) is 3.62. The van der Waals surface area contributed by atoms with Crippen LogP contribution in [0.1, 0.15) is 24.9 Å². The molecule has 1 aromatic carbocycles. The number of benzene rings is 1. The number of nitrogens with zero attached hydrogens (tertiary/aromatic N) is 2. The Bertz CT molecular complexity index is 507. The first-order valence-corrected chi connectivity index (χ1v) is 6.12. The van der Waals surface area contributed by atoms with E-state index in [4.69, 9.17) is 4.74 Å². The zero-order valence-electron chi connectivity index (χ0n) is 11.1. The van der Waals surface area contributed by atoms with Gasteiger partial charge < -0.3 is 10.1 Å². The average Bonchev–Trinajstić information content (AvgIpc) is 2.81. The Morgan fingerprint density at radius 2 is 2.17 bits per heavy atom. The Kier molecular flexibility index (Phi) is 3.87. The van der Waals surface area contributed by atoms with E-state index in [1.54, 1.807) is 11.8 Å². The minimum Gasteiger partial charge on any atom is -0.496 e. The van der Waals surface area contributed by atoms with Gasteiger partial charge >= 0.3 is 0 Å². The van der Waals surface area contributed by atoms with Gasteiger partial charge in [0.15, 0.2) is 0 Å². The molecule has 1 unspecified atom stereocenters. The number of para-hydroxylation sites is 1. The first-order valence-electron chi connectivity index (χ1n) is 6.12. The predicted molar refractivity (Wildman–Crippen MR) is 72.9 cm³/mol. The van der Waals surface area contributed by atoms with E-state index in [0.717, 1.165) is 17.9 Å². The molecule has 96 valence electrons. The zero-order valence-corrected chi connectivity index (χ0v) is 11.1. The van der Waals surface area contributed by atoms with Crippen molar-refractivity contribution in [3.63, 3.8) is 0 Å². The van der Waals surface area contributed by atoms with Gasteiger partial charge in [0.2, 0.25) is 0 Å². The third-order valence-corrected chi connectivity index (χ3v) is 2.97.